The van der Waals surface area contributed by atoms with E-state index in [-0.39, 0.29) is 6.04 Å². The van der Waals surface area contributed by atoms with E-state index >= 15 is 0 Å². The molecule has 0 aliphatic carbocycles. The van der Waals surface area contributed by atoms with E-state index in [9.17, 15) is 0 Å². The van der Waals surface area contributed by atoms with E-state index in [0.29, 0.717) is 0 Å². The fourth-order valence-electron chi connectivity index (χ4n) is 2.17. The number of hydrogen-bond donors (Lipinski definition) is 1. The Morgan fingerprint density at radius 1 is 1.47 bits per heavy atom. The first-order valence-corrected chi connectivity index (χ1v) is 7.76. The molecule has 0 saturated carbocycles. The second-order valence-corrected chi connectivity index (χ2v) is 5.68. The van der Waals surface area contributed by atoms with Crippen LogP contribution >= 0.6 is 22.9 Å². The molecule has 1 N–H and O–H groups in total. The molecule has 0 spiro atoms. The first-order chi connectivity index (χ1) is 9.17. The summed E-state index contributed by atoms with van der Waals surface area (Å²) in [5.41, 5.74) is 3.86. The van der Waals surface area contributed by atoms with Gasteiger partial charge in [0.25, 0.3) is 0 Å². The Morgan fingerprint density at radius 2 is 2.26 bits per heavy atom. The molecule has 0 aliphatic heterocycles. The third-order valence-electron chi connectivity index (χ3n) is 3.10. The van der Waals surface area contributed by atoms with Gasteiger partial charge in [0.1, 0.15) is 0 Å². The molecule has 6 heteroatoms. The van der Waals surface area contributed by atoms with Crippen molar-refractivity contribution in [2.45, 2.75) is 39.8 Å². The van der Waals surface area contributed by atoms with Crippen molar-refractivity contribution in [1.29, 1.82) is 0 Å². The number of thiazole rings is 1. The van der Waals surface area contributed by atoms with Crippen molar-refractivity contribution in [2.75, 3.05) is 6.54 Å². The lowest BCUT2D eigenvalue weighted by Crippen LogP contribution is -2.23. The number of aromatic nitrogens is 3. The Morgan fingerprint density at radius 3 is 2.84 bits per heavy atom. The molecule has 104 valence electrons. The molecule has 2 rings (SSSR count). The normalized spacial score (nSPS) is 12.8. The van der Waals surface area contributed by atoms with Crippen LogP contribution in [-0.4, -0.2) is 21.3 Å². The van der Waals surface area contributed by atoms with Crippen molar-refractivity contribution in [1.82, 2.24) is 20.1 Å². The zero-order valence-electron chi connectivity index (χ0n) is 11.5. The highest BCUT2D eigenvalue weighted by Crippen LogP contribution is 2.27. The number of hydrogen-bond acceptors (Lipinski definition) is 4. The summed E-state index contributed by atoms with van der Waals surface area (Å²) in [4.78, 5) is 5.40. The van der Waals surface area contributed by atoms with Crippen LogP contribution in [0.1, 0.15) is 36.2 Å². The third kappa shape index (κ3) is 3.16. The monoisotopic (exact) mass is 298 g/mol. The molecule has 0 radical (unpaired) electrons. The van der Waals surface area contributed by atoms with E-state index < -0.39 is 0 Å². The first kappa shape index (κ1) is 14.5. The molecule has 1 atom stereocenters. The van der Waals surface area contributed by atoms with Gasteiger partial charge in [-0.15, -0.1) is 11.3 Å². The molecule has 2 heterocycles. The van der Waals surface area contributed by atoms with Crippen molar-refractivity contribution in [2.24, 2.45) is 0 Å². The highest BCUT2D eigenvalue weighted by atomic mass is 35.5. The van der Waals surface area contributed by atoms with E-state index in [1.807, 2.05) is 23.3 Å². The van der Waals surface area contributed by atoms with E-state index in [1.54, 1.807) is 11.3 Å². The maximum Gasteiger partial charge on any atom is 0.0847 e. The number of nitrogens with zero attached hydrogens (tertiary/aromatic N) is 3. The number of halogens is 1. The van der Waals surface area contributed by atoms with Gasteiger partial charge in [-0.2, -0.15) is 5.10 Å². The van der Waals surface area contributed by atoms with Crippen LogP contribution in [0.15, 0.2) is 11.7 Å². The lowest BCUT2D eigenvalue weighted by Gasteiger charge is -2.17. The van der Waals surface area contributed by atoms with E-state index in [4.69, 9.17) is 11.6 Å². The van der Waals surface area contributed by atoms with Gasteiger partial charge in [0.15, 0.2) is 0 Å². The Hall–Kier alpha value is -0.910. The predicted octanol–water partition coefficient (Wildman–Crippen LogP) is 3.21. The quantitative estimate of drug-likeness (QED) is 0.890. The summed E-state index contributed by atoms with van der Waals surface area (Å²) in [6.07, 6.45) is 2.76. The Bertz CT molecular complexity index is 521. The fraction of sp³-hybridized carbons (Fsp3) is 0.538. The highest BCUT2D eigenvalue weighted by Gasteiger charge is 2.19. The van der Waals surface area contributed by atoms with Crippen LogP contribution in [0.4, 0.5) is 0 Å². The van der Waals surface area contributed by atoms with Gasteiger partial charge in [-0.1, -0.05) is 18.5 Å². The van der Waals surface area contributed by atoms with Crippen LogP contribution in [0.5, 0.6) is 0 Å². The number of nitrogens with one attached hydrogen (secondary N) is 1. The van der Waals surface area contributed by atoms with Crippen LogP contribution in [-0.2, 0) is 13.0 Å². The fourth-order valence-corrected chi connectivity index (χ4v) is 3.08. The number of likely N-dealkylation sites (N-methyl/N-ethyl adjacent to an activating group) is 1. The van der Waals surface area contributed by atoms with E-state index in [2.05, 4.69) is 29.2 Å². The standard InChI is InChI=1S/C13H19ClN4S/c1-4-16-10(12-7-15-8-19-12)6-11-13(14)9(3)17-18(11)5-2/h7-8,10,16H,4-6H2,1-3H3. The van der Waals surface area contributed by atoms with Crippen LogP contribution in [0.3, 0.4) is 0 Å². The lowest BCUT2D eigenvalue weighted by molar-refractivity contribution is 0.521. The molecule has 0 bridgehead atoms. The molecule has 0 aliphatic rings. The molecular weight excluding hydrogens is 280 g/mol. The van der Waals surface area contributed by atoms with Gasteiger partial charge >= 0.3 is 0 Å². The third-order valence-corrected chi connectivity index (χ3v) is 4.48. The van der Waals surface area contributed by atoms with Crippen LogP contribution < -0.4 is 5.32 Å². The van der Waals surface area contributed by atoms with Gasteiger partial charge in [-0.3, -0.25) is 9.67 Å². The molecule has 0 aromatic carbocycles. The summed E-state index contributed by atoms with van der Waals surface area (Å²) in [6, 6.07) is 0.247. The van der Waals surface area contributed by atoms with Gasteiger partial charge in [0.2, 0.25) is 0 Å². The molecule has 4 nitrogen and oxygen atoms in total. The van der Waals surface area contributed by atoms with Gasteiger partial charge in [-0.05, 0) is 20.4 Å². The van der Waals surface area contributed by atoms with Crippen molar-refractivity contribution < 1.29 is 0 Å². The Labute approximate surface area is 122 Å². The van der Waals surface area contributed by atoms with Crippen LogP contribution in [0.2, 0.25) is 5.02 Å². The lowest BCUT2D eigenvalue weighted by atomic mass is 10.1. The minimum absolute atomic E-state index is 0.247. The van der Waals surface area contributed by atoms with Gasteiger partial charge in [-0.25, -0.2) is 0 Å². The summed E-state index contributed by atoms with van der Waals surface area (Å²) in [7, 11) is 0. The second-order valence-electron chi connectivity index (χ2n) is 4.38. The molecule has 2 aromatic rings. The summed E-state index contributed by atoms with van der Waals surface area (Å²) >= 11 is 8.04. The molecule has 1 unspecified atom stereocenters. The molecule has 0 fully saturated rings. The molecule has 0 saturated heterocycles. The predicted molar refractivity (Wildman–Crippen MR) is 79.9 cm³/mol. The first-order valence-electron chi connectivity index (χ1n) is 6.50. The van der Waals surface area contributed by atoms with Gasteiger partial charge in [0, 0.05) is 30.1 Å². The summed E-state index contributed by atoms with van der Waals surface area (Å²) in [6.45, 7) is 7.90. The van der Waals surface area contributed by atoms with Gasteiger partial charge < -0.3 is 5.32 Å². The van der Waals surface area contributed by atoms with Gasteiger partial charge in [0.05, 0.1) is 21.9 Å². The zero-order chi connectivity index (χ0) is 13.8. The Kier molecular flexibility index (Phi) is 4.96. The molecular formula is C13H19ClN4S. The Balaban J connectivity index is 2.27. The molecule has 19 heavy (non-hydrogen) atoms. The second kappa shape index (κ2) is 6.50. The van der Waals surface area contributed by atoms with Crippen molar-refractivity contribution in [3.8, 4) is 0 Å². The average molecular weight is 299 g/mol. The van der Waals surface area contributed by atoms with E-state index in [1.165, 1.54) is 4.88 Å². The highest BCUT2D eigenvalue weighted by molar-refractivity contribution is 7.09. The summed E-state index contributed by atoms with van der Waals surface area (Å²) in [5.74, 6) is 0. The van der Waals surface area contributed by atoms with Crippen LogP contribution in [0.25, 0.3) is 0 Å². The molecule has 0 amide bonds. The summed E-state index contributed by atoms with van der Waals surface area (Å²) in [5, 5.41) is 8.75. The van der Waals surface area contributed by atoms with Crippen molar-refractivity contribution in [3.63, 3.8) is 0 Å². The minimum Gasteiger partial charge on any atom is -0.309 e. The zero-order valence-corrected chi connectivity index (χ0v) is 13.1. The topological polar surface area (TPSA) is 42.7 Å². The SMILES string of the molecule is CCNC(Cc1c(Cl)c(C)nn1CC)c1cncs1. The van der Waals surface area contributed by atoms with E-state index in [0.717, 1.165) is 35.9 Å². The number of rotatable bonds is 6. The maximum atomic E-state index is 6.38. The maximum absolute atomic E-state index is 6.38. The number of aryl methyl sites for hydroxylation is 2. The van der Waals surface area contributed by atoms with Crippen molar-refractivity contribution in [3.05, 3.63) is 33.0 Å². The summed E-state index contributed by atoms with van der Waals surface area (Å²) < 4.78 is 1.99. The average Bonchev–Trinajstić information content (AvgIpc) is 3.01. The minimum atomic E-state index is 0.247. The van der Waals surface area contributed by atoms with Crippen LogP contribution in [0, 0.1) is 6.92 Å². The largest absolute Gasteiger partial charge is 0.309 e. The van der Waals surface area contributed by atoms with Crippen molar-refractivity contribution >= 4 is 22.9 Å². The molecule has 2 aromatic heterocycles. The smallest absolute Gasteiger partial charge is 0.0847 e.